The molecule has 3 N–H and O–H groups in total. The second-order valence-electron chi connectivity index (χ2n) is 6.32. The highest BCUT2D eigenvalue weighted by Gasteiger charge is 2.31. The Balaban J connectivity index is 1.99. The van der Waals surface area contributed by atoms with Crippen LogP contribution in [-0.4, -0.2) is 54.7 Å². The van der Waals surface area contributed by atoms with Crippen LogP contribution in [0.3, 0.4) is 0 Å². The Bertz CT molecular complexity index is 776. The number of nitrogens with two attached hydrogens (primary N) is 1. The number of para-hydroxylation sites is 1. The number of piperazine rings is 1. The normalized spacial score (nSPS) is 15.1. The molecule has 2 aromatic rings. The molecule has 1 aliphatic rings. The molecule has 0 aliphatic carbocycles. The lowest BCUT2D eigenvalue weighted by molar-refractivity contribution is -0.898. The van der Waals surface area contributed by atoms with Crippen molar-refractivity contribution >= 4 is 29.0 Å². The third kappa shape index (κ3) is 3.52. The first-order chi connectivity index (χ1) is 12.5. The number of quaternary nitrogens is 1. The van der Waals surface area contributed by atoms with Crippen LogP contribution in [0.5, 0.6) is 0 Å². The van der Waals surface area contributed by atoms with Gasteiger partial charge in [0.15, 0.2) is 0 Å². The molecule has 0 amide bonds. The van der Waals surface area contributed by atoms with Gasteiger partial charge >= 0.3 is 5.69 Å². The molecule has 0 spiro atoms. The predicted octanol–water partition coefficient (Wildman–Crippen LogP) is 0.460. The maximum Gasteiger partial charge on any atom is 0.353 e. The number of aromatic nitrogens is 2. The van der Waals surface area contributed by atoms with Gasteiger partial charge in [-0.25, -0.2) is 0 Å². The molecule has 9 heteroatoms. The standard InChI is InChI=1S/C17H23N7O2/c1-3-22-9-11-23(12-10-22)16-14(24(25)26)15(18)19-17(20-16)21(2)13-7-5-4-6-8-13/h4-8H,3,9-12H2,1-2H3,(H2,18,19,20)/p+1. The molecule has 1 aromatic heterocycles. The van der Waals surface area contributed by atoms with Crippen molar-refractivity contribution in [2.45, 2.75) is 6.92 Å². The average molecular weight is 358 g/mol. The van der Waals surface area contributed by atoms with E-state index in [0.717, 1.165) is 25.3 Å². The quantitative estimate of drug-likeness (QED) is 0.591. The van der Waals surface area contributed by atoms with Gasteiger partial charge in [-0.15, -0.1) is 0 Å². The molecule has 2 heterocycles. The number of hydrogen-bond acceptors (Lipinski definition) is 7. The Morgan fingerprint density at radius 2 is 1.92 bits per heavy atom. The Kier molecular flexibility index (Phi) is 5.17. The van der Waals surface area contributed by atoms with Crippen LogP contribution >= 0.6 is 0 Å². The zero-order valence-electron chi connectivity index (χ0n) is 15.1. The highest BCUT2D eigenvalue weighted by Crippen LogP contribution is 2.34. The first kappa shape index (κ1) is 17.9. The van der Waals surface area contributed by atoms with Crippen LogP contribution in [0.15, 0.2) is 30.3 Å². The lowest BCUT2D eigenvalue weighted by atomic mass is 10.3. The van der Waals surface area contributed by atoms with Crippen molar-refractivity contribution in [1.29, 1.82) is 0 Å². The van der Waals surface area contributed by atoms with E-state index in [4.69, 9.17) is 5.73 Å². The summed E-state index contributed by atoms with van der Waals surface area (Å²) in [4.78, 5) is 25.0. The zero-order valence-corrected chi connectivity index (χ0v) is 15.1. The highest BCUT2D eigenvalue weighted by molar-refractivity contribution is 5.72. The molecular weight excluding hydrogens is 334 g/mol. The topological polar surface area (TPSA) is 106 Å². The summed E-state index contributed by atoms with van der Waals surface area (Å²) in [7, 11) is 1.82. The Morgan fingerprint density at radius 1 is 1.27 bits per heavy atom. The molecule has 26 heavy (non-hydrogen) atoms. The zero-order chi connectivity index (χ0) is 18.7. The lowest BCUT2D eigenvalue weighted by Gasteiger charge is -2.32. The molecule has 0 atom stereocenters. The molecule has 0 bridgehead atoms. The van der Waals surface area contributed by atoms with E-state index in [0.29, 0.717) is 24.9 Å². The van der Waals surface area contributed by atoms with Gasteiger partial charge in [0.05, 0.1) is 37.6 Å². The van der Waals surface area contributed by atoms with Crippen LogP contribution in [-0.2, 0) is 0 Å². The Hall–Kier alpha value is -2.94. The van der Waals surface area contributed by atoms with Gasteiger partial charge in [0, 0.05) is 12.7 Å². The molecule has 1 aliphatic heterocycles. The monoisotopic (exact) mass is 358 g/mol. The molecule has 0 unspecified atom stereocenters. The van der Waals surface area contributed by atoms with Crippen LogP contribution in [0.4, 0.5) is 29.0 Å². The summed E-state index contributed by atoms with van der Waals surface area (Å²) >= 11 is 0. The van der Waals surface area contributed by atoms with Crippen LogP contribution in [0.2, 0.25) is 0 Å². The summed E-state index contributed by atoms with van der Waals surface area (Å²) in [6.45, 7) is 6.43. The first-order valence-electron chi connectivity index (χ1n) is 8.70. The Morgan fingerprint density at radius 3 is 2.50 bits per heavy atom. The third-order valence-corrected chi connectivity index (χ3v) is 4.78. The minimum Gasteiger partial charge on any atom is -0.378 e. The predicted molar refractivity (Wildman–Crippen MR) is 101 cm³/mol. The maximum absolute atomic E-state index is 11.6. The first-order valence-corrected chi connectivity index (χ1v) is 8.70. The largest absolute Gasteiger partial charge is 0.378 e. The number of nitro groups is 1. The van der Waals surface area contributed by atoms with Gasteiger partial charge in [0.25, 0.3) is 0 Å². The highest BCUT2D eigenvalue weighted by atomic mass is 16.6. The van der Waals surface area contributed by atoms with E-state index in [-0.39, 0.29) is 11.5 Å². The van der Waals surface area contributed by atoms with E-state index in [2.05, 4.69) is 16.9 Å². The van der Waals surface area contributed by atoms with Crippen molar-refractivity contribution in [2.24, 2.45) is 0 Å². The van der Waals surface area contributed by atoms with Crippen LogP contribution < -0.4 is 20.4 Å². The van der Waals surface area contributed by atoms with Gasteiger partial charge < -0.3 is 20.4 Å². The van der Waals surface area contributed by atoms with E-state index < -0.39 is 4.92 Å². The molecule has 0 radical (unpaired) electrons. The van der Waals surface area contributed by atoms with Crippen molar-refractivity contribution in [1.82, 2.24) is 9.97 Å². The molecule has 1 fully saturated rings. The average Bonchev–Trinajstić information content (AvgIpc) is 2.67. The van der Waals surface area contributed by atoms with E-state index in [1.165, 1.54) is 4.90 Å². The lowest BCUT2D eigenvalue weighted by Crippen LogP contribution is -3.14. The summed E-state index contributed by atoms with van der Waals surface area (Å²) in [6, 6.07) is 9.58. The van der Waals surface area contributed by atoms with Gasteiger partial charge in [-0.3, -0.25) is 10.1 Å². The van der Waals surface area contributed by atoms with Crippen LogP contribution in [0.1, 0.15) is 6.92 Å². The fourth-order valence-electron chi connectivity index (χ4n) is 3.15. The van der Waals surface area contributed by atoms with Crippen molar-refractivity contribution in [3.63, 3.8) is 0 Å². The van der Waals surface area contributed by atoms with Crippen molar-refractivity contribution in [3.05, 3.63) is 40.4 Å². The molecule has 3 rings (SSSR count). The summed E-state index contributed by atoms with van der Waals surface area (Å²) in [5, 5.41) is 11.6. The van der Waals surface area contributed by atoms with E-state index in [1.807, 2.05) is 42.3 Å². The third-order valence-electron chi connectivity index (χ3n) is 4.78. The van der Waals surface area contributed by atoms with Crippen LogP contribution in [0, 0.1) is 10.1 Å². The molecular formula is C17H24N7O2+. The van der Waals surface area contributed by atoms with Crippen molar-refractivity contribution < 1.29 is 9.82 Å². The van der Waals surface area contributed by atoms with E-state index >= 15 is 0 Å². The number of nitrogens with one attached hydrogen (secondary N) is 1. The second kappa shape index (κ2) is 7.52. The number of nitrogen functional groups attached to an aromatic ring is 1. The van der Waals surface area contributed by atoms with Crippen LogP contribution in [0.25, 0.3) is 0 Å². The van der Waals surface area contributed by atoms with Crippen molar-refractivity contribution in [2.75, 3.05) is 55.3 Å². The minimum absolute atomic E-state index is 0.108. The number of anilines is 4. The minimum atomic E-state index is -0.490. The Labute approximate surface area is 152 Å². The summed E-state index contributed by atoms with van der Waals surface area (Å²) in [6.07, 6.45) is 0. The fraction of sp³-hybridized carbons (Fsp3) is 0.412. The maximum atomic E-state index is 11.6. The van der Waals surface area contributed by atoms with E-state index in [9.17, 15) is 10.1 Å². The smallest absolute Gasteiger partial charge is 0.353 e. The van der Waals surface area contributed by atoms with Gasteiger partial charge in [0.1, 0.15) is 0 Å². The second-order valence-corrected chi connectivity index (χ2v) is 6.32. The summed E-state index contributed by atoms with van der Waals surface area (Å²) in [5.41, 5.74) is 6.62. The number of nitrogens with zero attached hydrogens (tertiary/aromatic N) is 5. The molecule has 1 aromatic carbocycles. The summed E-state index contributed by atoms with van der Waals surface area (Å²) in [5.74, 6) is 0.540. The number of likely N-dealkylation sites (N-methyl/N-ethyl adjacent to an activating group) is 1. The van der Waals surface area contributed by atoms with E-state index in [1.54, 1.807) is 4.90 Å². The fourth-order valence-corrected chi connectivity index (χ4v) is 3.15. The van der Waals surface area contributed by atoms with Gasteiger partial charge in [-0.2, -0.15) is 9.97 Å². The molecule has 9 nitrogen and oxygen atoms in total. The SMILES string of the molecule is CC[NH+]1CCN(c2nc(N(C)c3ccccc3)nc(N)c2[N+](=O)[O-])CC1. The van der Waals surface area contributed by atoms with Gasteiger partial charge in [-0.05, 0) is 19.1 Å². The van der Waals surface area contributed by atoms with Crippen molar-refractivity contribution in [3.8, 4) is 0 Å². The number of benzene rings is 1. The summed E-state index contributed by atoms with van der Waals surface area (Å²) < 4.78 is 0. The number of hydrogen-bond donors (Lipinski definition) is 2. The molecule has 0 saturated carbocycles. The van der Waals surface area contributed by atoms with Gasteiger partial charge in [0.2, 0.25) is 17.6 Å². The molecule has 1 saturated heterocycles. The number of rotatable bonds is 5. The van der Waals surface area contributed by atoms with Gasteiger partial charge in [-0.1, -0.05) is 18.2 Å². The molecule has 138 valence electrons.